The smallest absolute Gasteiger partial charge is 0.277 e. The predicted octanol–water partition coefficient (Wildman–Crippen LogP) is 3.58. The number of hydrogen-bond donors (Lipinski definition) is 1. The molecule has 1 rings (SSSR count). The van der Waals surface area contributed by atoms with E-state index in [1.54, 1.807) is 6.07 Å². The van der Waals surface area contributed by atoms with Gasteiger partial charge in [0.1, 0.15) is 0 Å². The Morgan fingerprint density at radius 1 is 1.43 bits per heavy atom. The first-order chi connectivity index (χ1) is 6.49. The minimum Gasteiger partial charge on any atom is -0.396 e. The van der Waals surface area contributed by atoms with Crippen molar-refractivity contribution in [2.24, 2.45) is 0 Å². The van der Waals surface area contributed by atoms with Crippen LogP contribution in [0.3, 0.4) is 0 Å². The van der Waals surface area contributed by atoms with Gasteiger partial charge >= 0.3 is 0 Å². The van der Waals surface area contributed by atoms with Gasteiger partial charge in [0, 0.05) is 17.5 Å². The number of halogens is 4. The Labute approximate surface area is 93.8 Å². The van der Waals surface area contributed by atoms with E-state index < -0.39 is 19.0 Å². The van der Waals surface area contributed by atoms with E-state index in [0.29, 0.717) is 0 Å². The van der Waals surface area contributed by atoms with Crippen molar-refractivity contribution in [2.45, 2.75) is 12.3 Å². The Hall–Kier alpha value is -0.190. The lowest BCUT2D eigenvalue weighted by Gasteiger charge is -2.18. The van der Waals surface area contributed by atoms with Crippen molar-refractivity contribution in [1.82, 2.24) is 0 Å². The molecule has 0 aliphatic carbocycles. The molecular weight excluding hydrogens is 277 g/mol. The van der Waals surface area contributed by atoms with Crippen molar-refractivity contribution in [3.05, 3.63) is 33.3 Å². The highest BCUT2D eigenvalue weighted by Crippen LogP contribution is 2.40. The van der Waals surface area contributed by atoms with Crippen LogP contribution in [0.15, 0.2) is 22.7 Å². The third-order valence-electron chi connectivity index (χ3n) is 1.75. The second kappa shape index (κ2) is 4.55. The van der Waals surface area contributed by atoms with Gasteiger partial charge in [-0.05, 0) is 12.1 Å². The molecule has 0 unspecified atom stereocenters. The van der Waals surface area contributed by atoms with Gasteiger partial charge in [-0.15, -0.1) is 0 Å². The fourth-order valence-electron chi connectivity index (χ4n) is 1.11. The van der Waals surface area contributed by atoms with Crippen LogP contribution in [0.25, 0.3) is 0 Å². The van der Waals surface area contributed by atoms with Crippen LogP contribution in [0, 0.1) is 0 Å². The second-order valence-corrected chi connectivity index (χ2v) is 4.04. The molecule has 0 atom stereocenters. The van der Waals surface area contributed by atoms with Crippen LogP contribution in [0.5, 0.6) is 0 Å². The molecule has 0 aromatic heterocycles. The largest absolute Gasteiger partial charge is 0.396 e. The van der Waals surface area contributed by atoms with E-state index in [1.165, 1.54) is 12.1 Å². The van der Waals surface area contributed by atoms with Crippen LogP contribution in [0.1, 0.15) is 12.0 Å². The highest BCUT2D eigenvalue weighted by atomic mass is 79.9. The van der Waals surface area contributed by atoms with Crippen molar-refractivity contribution < 1.29 is 13.9 Å². The van der Waals surface area contributed by atoms with Crippen LogP contribution in [-0.2, 0) is 5.92 Å². The summed E-state index contributed by atoms with van der Waals surface area (Å²) in [6.45, 7) is -0.579. The average Bonchev–Trinajstić information content (AvgIpc) is 2.02. The molecule has 0 aliphatic heterocycles. The molecule has 0 heterocycles. The summed E-state index contributed by atoms with van der Waals surface area (Å²) in [7, 11) is 0. The number of rotatable bonds is 3. The molecule has 1 N–H and O–H groups in total. The lowest BCUT2D eigenvalue weighted by molar-refractivity contribution is -0.0275. The van der Waals surface area contributed by atoms with Crippen molar-refractivity contribution in [2.75, 3.05) is 6.61 Å². The molecule has 1 aromatic rings. The van der Waals surface area contributed by atoms with Gasteiger partial charge in [-0.2, -0.15) is 0 Å². The molecule has 0 radical (unpaired) electrons. The summed E-state index contributed by atoms with van der Waals surface area (Å²) in [5.74, 6) is -3.11. The minimum absolute atomic E-state index is 0.00201. The standard InChI is InChI=1S/C9H8BrClF2O/c10-6-2-1-3-7(11)8(6)9(12,13)4-5-14/h1-3,14H,4-5H2. The van der Waals surface area contributed by atoms with Crippen molar-refractivity contribution in [3.63, 3.8) is 0 Å². The lowest BCUT2D eigenvalue weighted by Crippen LogP contribution is -2.16. The molecular formula is C9H8BrClF2O. The summed E-state index contributed by atoms with van der Waals surface area (Å²) >= 11 is 8.66. The van der Waals surface area contributed by atoms with Crippen LogP contribution >= 0.6 is 27.5 Å². The topological polar surface area (TPSA) is 20.2 Å². The number of alkyl halides is 2. The summed E-state index contributed by atoms with van der Waals surface area (Å²) in [5.41, 5.74) is -0.268. The summed E-state index contributed by atoms with van der Waals surface area (Å²) in [4.78, 5) is 0. The van der Waals surface area contributed by atoms with E-state index in [-0.39, 0.29) is 15.1 Å². The maximum absolute atomic E-state index is 13.4. The number of benzene rings is 1. The van der Waals surface area contributed by atoms with E-state index in [1.807, 2.05) is 0 Å². The van der Waals surface area contributed by atoms with E-state index in [9.17, 15) is 8.78 Å². The van der Waals surface area contributed by atoms with Gasteiger partial charge in [0.05, 0.1) is 10.6 Å². The molecule has 0 bridgehead atoms. The van der Waals surface area contributed by atoms with Gasteiger partial charge < -0.3 is 5.11 Å². The SMILES string of the molecule is OCCC(F)(F)c1c(Cl)cccc1Br. The zero-order valence-corrected chi connectivity index (χ0v) is 9.45. The van der Waals surface area contributed by atoms with Crippen molar-refractivity contribution in [1.29, 1.82) is 0 Å². The summed E-state index contributed by atoms with van der Waals surface area (Å²) in [5, 5.41) is 8.50. The molecule has 0 saturated carbocycles. The molecule has 78 valence electrons. The molecule has 0 saturated heterocycles. The highest BCUT2D eigenvalue weighted by Gasteiger charge is 2.34. The summed E-state index contributed by atoms with van der Waals surface area (Å²) in [6.07, 6.45) is -0.630. The number of aliphatic hydroxyl groups is 1. The average molecular weight is 286 g/mol. The molecule has 0 amide bonds. The highest BCUT2D eigenvalue weighted by molar-refractivity contribution is 9.10. The fourth-order valence-corrected chi connectivity index (χ4v) is 2.20. The van der Waals surface area contributed by atoms with E-state index in [4.69, 9.17) is 16.7 Å². The van der Waals surface area contributed by atoms with Crippen molar-refractivity contribution in [3.8, 4) is 0 Å². The quantitative estimate of drug-likeness (QED) is 0.900. The Morgan fingerprint density at radius 3 is 2.57 bits per heavy atom. The molecule has 0 aliphatic rings. The zero-order chi connectivity index (χ0) is 10.8. The summed E-state index contributed by atoms with van der Waals surface area (Å²) in [6, 6.07) is 4.46. The molecule has 0 fully saturated rings. The van der Waals surface area contributed by atoms with E-state index >= 15 is 0 Å². The van der Waals surface area contributed by atoms with Gasteiger partial charge in [0.25, 0.3) is 5.92 Å². The van der Waals surface area contributed by atoms with Crippen molar-refractivity contribution >= 4 is 27.5 Å². The molecule has 14 heavy (non-hydrogen) atoms. The maximum Gasteiger partial charge on any atom is 0.277 e. The van der Waals surface area contributed by atoms with Crippen LogP contribution < -0.4 is 0 Å². The Balaban J connectivity index is 3.17. The third-order valence-corrected chi connectivity index (χ3v) is 2.73. The Morgan fingerprint density at radius 2 is 2.07 bits per heavy atom. The van der Waals surface area contributed by atoms with Gasteiger partial charge in [0.2, 0.25) is 0 Å². The Kier molecular flexibility index (Phi) is 3.86. The maximum atomic E-state index is 13.4. The second-order valence-electron chi connectivity index (χ2n) is 2.77. The van der Waals surface area contributed by atoms with Crippen LogP contribution in [0.4, 0.5) is 8.78 Å². The normalized spacial score (nSPS) is 11.8. The van der Waals surface area contributed by atoms with E-state index in [2.05, 4.69) is 15.9 Å². The predicted molar refractivity (Wildman–Crippen MR) is 54.7 cm³/mol. The first-order valence-electron chi connectivity index (χ1n) is 3.92. The molecule has 5 heteroatoms. The first kappa shape index (κ1) is 11.9. The monoisotopic (exact) mass is 284 g/mol. The molecule has 0 spiro atoms. The Bertz CT molecular complexity index is 310. The minimum atomic E-state index is -3.11. The lowest BCUT2D eigenvalue weighted by atomic mass is 10.1. The summed E-state index contributed by atoms with van der Waals surface area (Å²) < 4.78 is 27.1. The molecule has 1 aromatic carbocycles. The van der Waals surface area contributed by atoms with Crippen LogP contribution in [-0.4, -0.2) is 11.7 Å². The van der Waals surface area contributed by atoms with Gasteiger partial charge in [-0.1, -0.05) is 33.6 Å². The third kappa shape index (κ3) is 2.43. The van der Waals surface area contributed by atoms with E-state index in [0.717, 1.165) is 0 Å². The number of hydrogen-bond acceptors (Lipinski definition) is 1. The first-order valence-corrected chi connectivity index (χ1v) is 5.09. The van der Waals surface area contributed by atoms with Gasteiger partial charge in [0.15, 0.2) is 0 Å². The van der Waals surface area contributed by atoms with Crippen LogP contribution in [0.2, 0.25) is 5.02 Å². The zero-order valence-electron chi connectivity index (χ0n) is 7.11. The fraction of sp³-hybridized carbons (Fsp3) is 0.333. The number of aliphatic hydroxyl groups excluding tert-OH is 1. The van der Waals surface area contributed by atoms with Gasteiger partial charge in [-0.3, -0.25) is 0 Å². The van der Waals surface area contributed by atoms with Gasteiger partial charge in [-0.25, -0.2) is 8.78 Å². The molecule has 1 nitrogen and oxygen atoms in total.